The average Bonchev–Trinajstić information content (AvgIpc) is 2.63. The van der Waals surface area contributed by atoms with E-state index in [1.165, 1.54) is 0 Å². The van der Waals surface area contributed by atoms with Crippen LogP contribution in [0, 0.1) is 5.92 Å². The van der Waals surface area contributed by atoms with Crippen LogP contribution in [0.3, 0.4) is 0 Å². The second-order valence-electron chi connectivity index (χ2n) is 7.07. The molecule has 6 heteroatoms. The van der Waals surface area contributed by atoms with Gasteiger partial charge in [0.1, 0.15) is 0 Å². The van der Waals surface area contributed by atoms with Gasteiger partial charge in [0.25, 0.3) is 0 Å². The van der Waals surface area contributed by atoms with Crippen molar-refractivity contribution in [2.75, 3.05) is 46.1 Å². The van der Waals surface area contributed by atoms with E-state index >= 15 is 0 Å². The van der Waals surface area contributed by atoms with Crippen LogP contribution in [0.5, 0.6) is 0 Å². The van der Waals surface area contributed by atoms with E-state index in [1.807, 2.05) is 0 Å². The lowest BCUT2D eigenvalue weighted by Gasteiger charge is -2.26. The minimum atomic E-state index is -0.492. The largest absolute Gasteiger partial charge is 0.463 e. The molecule has 0 aromatic carbocycles. The van der Waals surface area contributed by atoms with E-state index in [-0.39, 0.29) is 0 Å². The highest BCUT2D eigenvalue weighted by molar-refractivity contribution is 5.91. The third-order valence-electron chi connectivity index (χ3n) is 4.24. The van der Waals surface area contributed by atoms with Crippen molar-refractivity contribution in [3.05, 3.63) is 12.2 Å². The molecule has 0 N–H and O–H groups in total. The third-order valence-corrected chi connectivity index (χ3v) is 4.24. The van der Waals surface area contributed by atoms with E-state index < -0.39 is 11.9 Å². The Bertz CT molecular complexity index is 416. The van der Waals surface area contributed by atoms with Crippen LogP contribution >= 0.6 is 0 Å². The molecule has 6 nitrogen and oxygen atoms in total. The summed E-state index contributed by atoms with van der Waals surface area (Å²) in [6.45, 7) is 9.90. The Balaban J connectivity index is 1.93. The first-order chi connectivity index (χ1) is 12.6. The van der Waals surface area contributed by atoms with Crippen LogP contribution in [0.25, 0.3) is 0 Å². The summed E-state index contributed by atoms with van der Waals surface area (Å²) in [7, 11) is 0. The fourth-order valence-electron chi connectivity index (χ4n) is 2.69. The summed E-state index contributed by atoms with van der Waals surface area (Å²) >= 11 is 0. The van der Waals surface area contributed by atoms with Gasteiger partial charge >= 0.3 is 11.9 Å². The lowest BCUT2D eigenvalue weighted by Crippen LogP contribution is -2.36. The standard InChI is InChI=1S/C20H35NO5/c1-18(2)8-7-15-26-20(23)10-9-19(22)25-14-6-4-3-5-11-21-12-16-24-17-13-21/h9-10,18H,3-8,11-17H2,1-2H3/b10-9+. The number of hydrogen-bond acceptors (Lipinski definition) is 6. The Labute approximate surface area is 157 Å². The van der Waals surface area contributed by atoms with Crippen molar-refractivity contribution in [1.29, 1.82) is 0 Å². The molecular formula is C20H35NO5. The Morgan fingerprint density at radius 1 is 0.923 bits per heavy atom. The predicted molar refractivity (Wildman–Crippen MR) is 101 cm³/mol. The van der Waals surface area contributed by atoms with E-state index in [1.54, 1.807) is 0 Å². The van der Waals surface area contributed by atoms with Crippen LogP contribution < -0.4 is 0 Å². The van der Waals surface area contributed by atoms with Crippen LogP contribution in [0.2, 0.25) is 0 Å². The van der Waals surface area contributed by atoms with E-state index in [9.17, 15) is 9.59 Å². The highest BCUT2D eigenvalue weighted by Gasteiger charge is 2.09. The van der Waals surface area contributed by atoms with Crippen molar-refractivity contribution in [1.82, 2.24) is 4.90 Å². The highest BCUT2D eigenvalue weighted by atomic mass is 16.5. The number of carbonyl (C=O) groups excluding carboxylic acids is 2. The van der Waals surface area contributed by atoms with Crippen LogP contribution in [0.1, 0.15) is 52.4 Å². The molecule has 0 aromatic heterocycles. The van der Waals surface area contributed by atoms with Crippen molar-refractivity contribution in [3.8, 4) is 0 Å². The number of rotatable bonds is 13. The van der Waals surface area contributed by atoms with Gasteiger partial charge < -0.3 is 14.2 Å². The molecule has 0 aromatic rings. The van der Waals surface area contributed by atoms with Gasteiger partial charge in [0, 0.05) is 25.2 Å². The first-order valence-corrected chi connectivity index (χ1v) is 9.89. The Kier molecular flexibility index (Phi) is 12.8. The molecule has 1 rings (SSSR count). The molecule has 0 unspecified atom stereocenters. The summed E-state index contributed by atoms with van der Waals surface area (Å²) in [6.07, 6.45) is 8.33. The zero-order valence-electron chi connectivity index (χ0n) is 16.4. The second-order valence-corrected chi connectivity index (χ2v) is 7.07. The highest BCUT2D eigenvalue weighted by Crippen LogP contribution is 2.05. The van der Waals surface area contributed by atoms with Gasteiger partial charge in [-0.05, 0) is 38.1 Å². The molecule has 1 aliphatic rings. The molecule has 1 saturated heterocycles. The minimum Gasteiger partial charge on any atom is -0.463 e. The first kappa shape index (κ1) is 22.6. The van der Waals surface area contributed by atoms with Gasteiger partial charge in [0.2, 0.25) is 0 Å². The van der Waals surface area contributed by atoms with Crippen LogP contribution in [0.15, 0.2) is 12.2 Å². The Hall–Kier alpha value is -1.40. The summed E-state index contributed by atoms with van der Waals surface area (Å²) < 4.78 is 15.4. The molecule has 150 valence electrons. The zero-order chi connectivity index (χ0) is 19.0. The lowest BCUT2D eigenvalue weighted by molar-refractivity contribution is -0.140. The van der Waals surface area contributed by atoms with Crippen molar-refractivity contribution in [3.63, 3.8) is 0 Å². The molecule has 0 aliphatic carbocycles. The van der Waals surface area contributed by atoms with Gasteiger partial charge in [-0.1, -0.05) is 26.7 Å². The summed E-state index contributed by atoms with van der Waals surface area (Å²) in [5.41, 5.74) is 0. The Morgan fingerprint density at radius 2 is 1.50 bits per heavy atom. The molecule has 0 amide bonds. The smallest absolute Gasteiger partial charge is 0.331 e. The van der Waals surface area contributed by atoms with Gasteiger partial charge in [-0.15, -0.1) is 0 Å². The third kappa shape index (κ3) is 12.9. The van der Waals surface area contributed by atoms with Gasteiger partial charge in [-0.25, -0.2) is 9.59 Å². The normalized spacial score (nSPS) is 15.5. The summed E-state index contributed by atoms with van der Waals surface area (Å²) in [4.78, 5) is 25.4. The molecule has 0 spiro atoms. The van der Waals surface area contributed by atoms with Crippen molar-refractivity contribution in [2.45, 2.75) is 52.4 Å². The number of hydrogen-bond donors (Lipinski definition) is 0. The number of unbranched alkanes of at least 4 members (excludes halogenated alkanes) is 3. The van der Waals surface area contributed by atoms with Gasteiger partial charge in [0.05, 0.1) is 26.4 Å². The molecular weight excluding hydrogens is 334 g/mol. The predicted octanol–water partition coefficient (Wildman–Crippen LogP) is 2.96. The molecule has 26 heavy (non-hydrogen) atoms. The molecule has 1 aliphatic heterocycles. The van der Waals surface area contributed by atoms with Crippen LogP contribution in [0.4, 0.5) is 0 Å². The molecule has 0 atom stereocenters. The number of esters is 2. The Morgan fingerprint density at radius 3 is 2.12 bits per heavy atom. The topological polar surface area (TPSA) is 65.1 Å². The molecule has 0 radical (unpaired) electrons. The summed E-state index contributed by atoms with van der Waals surface area (Å²) in [6, 6.07) is 0. The lowest BCUT2D eigenvalue weighted by atomic mass is 10.1. The van der Waals surface area contributed by atoms with E-state index in [4.69, 9.17) is 14.2 Å². The maximum atomic E-state index is 11.5. The summed E-state index contributed by atoms with van der Waals surface area (Å²) in [5.74, 6) is -0.384. The quantitative estimate of drug-likeness (QED) is 0.282. The van der Waals surface area contributed by atoms with E-state index in [2.05, 4.69) is 18.7 Å². The number of nitrogens with zero attached hydrogens (tertiary/aromatic N) is 1. The summed E-state index contributed by atoms with van der Waals surface area (Å²) in [5, 5.41) is 0. The zero-order valence-corrected chi connectivity index (χ0v) is 16.4. The fraction of sp³-hybridized carbons (Fsp3) is 0.800. The second kappa shape index (κ2) is 14.7. The molecule has 0 saturated carbocycles. The molecule has 1 heterocycles. The van der Waals surface area contributed by atoms with E-state index in [0.29, 0.717) is 19.1 Å². The van der Waals surface area contributed by atoms with Crippen LogP contribution in [-0.4, -0.2) is 62.9 Å². The molecule has 1 fully saturated rings. The van der Waals surface area contributed by atoms with Crippen LogP contribution in [-0.2, 0) is 23.8 Å². The van der Waals surface area contributed by atoms with Crippen molar-refractivity contribution < 1.29 is 23.8 Å². The van der Waals surface area contributed by atoms with Crippen molar-refractivity contribution >= 4 is 11.9 Å². The SMILES string of the molecule is CC(C)CCCOC(=O)/C=C/C(=O)OCCCCCCN1CCOCC1. The average molecular weight is 370 g/mol. The first-order valence-electron chi connectivity index (χ1n) is 9.89. The van der Waals surface area contributed by atoms with Gasteiger partial charge in [0.15, 0.2) is 0 Å². The maximum Gasteiger partial charge on any atom is 0.331 e. The molecule has 0 bridgehead atoms. The number of ether oxygens (including phenoxy) is 3. The van der Waals surface area contributed by atoms with Crippen molar-refractivity contribution in [2.24, 2.45) is 5.92 Å². The van der Waals surface area contributed by atoms with Gasteiger partial charge in [-0.2, -0.15) is 0 Å². The maximum absolute atomic E-state index is 11.5. The number of morpholine rings is 1. The number of carbonyl (C=O) groups is 2. The fourth-order valence-corrected chi connectivity index (χ4v) is 2.69. The van der Waals surface area contributed by atoms with E-state index in [0.717, 1.165) is 83.5 Å². The monoisotopic (exact) mass is 369 g/mol. The minimum absolute atomic E-state index is 0.390. The van der Waals surface area contributed by atoms with Gasteiger partial charge in [-0.3, -0.25) is 4.90 Å².